The van der Waals surface area contributed by atoms with Crippen molar-refractivity contribution >= 4 is 22.6 Å². The molecule has 1 atom stereocenters. The molecule has 1 heterocycles. The number of benzene rings is 2. The number of ether oxygens (including phenoxy) is 1. The minimum absolute atomic E-state index is 0.0172. The van der Waals surface area contributed by atoms with Crippen molar-refractivity contribution in [3.05, 3.63) is 65.4 Å². The van der Waals surface area contributed by atoms with Crippen molar-refractivity contribution in [1.29, 1.82) is 0 Å². The molecule has 1 unspecified atom stereocenters. The summed E-state index contributed by atoms with van der Waals surface area (Å²) in [4.78, 5) is 0. The van der Waals surface area contributed by atoms with Crippen LogP contribution in [0.2, 0.25) is 5.02 Å². The van der Waals surface area contributed by atoms with Crippen molar-refractivity contribution in [2.24, 2.45) is 0 Å². The molecule has 3 nitrogen and oxygen atoms in total. The number of halogens is 1. The van der Waals surface area contributed by atoms with Gasteiger partial charge < -0.3 is 14.5 Å². The predicted molar refractivity (Wildman–Crippen MR) is 85.0 cm³/mol. The van der Waals surface area contributed by atoms with Gasteiger partial charge in [-0.3, -0.25) is 0 Å². The maximum atomic E-state index is 5.95. The number of hydrogen-bond donors (Lipinski definition) is 1. The van der Waals surface area contributed by atoms with E-state index in [0.717, 1.165) is 22.5 Å². The third-order valence-corrected chi connectivity index (χ3v) is 3.58. The zero-order chi connectivity index (χ0) is 14.7. The van der Waals surface area contributed by atoms with E-state index < -0.39 is 0 Å². The van der Waals surface area contributed by atoms with Crippen molar-refractivity contribution in [3.63, 3.8) is 0 Å². The monoisotopic (exact) mass is 301 g/mol. The van der Waals surface area contributed by atoms with Crippen LogP contribution in [-0.4, -0.2) is 13.7 Å². The van der Waals surface area contributed by atoms with E-state index in [1.54, 1.807) is 6.07 Å². The molecule has 1 aromatic heterocycles. The lowest BCUT2D eigenvalue weighted by atomic mass is 10.2. The Hall–Kier alpha value is -1.97. The Kier molecular flexibility index (Phi) is 4.13. The summed E-state index contributed by atoms with van der Waals surface area (Å²) in [6.45, 7) is 0.469. The smallest absolute Gasteiger partial charge is 0.134 e. The Morgan fingerprint density at radius 3 is 2.76 bits per heavy atom. The van der Waals surface area contributed by atoms with Crippen LogP contribution in [0.4, 0.5) is 0 Å². The van der Waals surface area contributed by atoms with Crippen molar-refractivity contribution in [3.8, 4) is 5.75 Å². The number of hydrogen-bond acceptors (Lipinski definition) is 3. The highest BCUT2D eigenvalue weighted by Gasteiger charge is 2.15. The Labute approximate surface area is 128 Å². The second kappa shape index (κ2) is 6.20. The molecule has 108 valence electrons. The molecule has 2 aromatic carbocycles. The first-order chi connectivity index (χ1) is 10.3. The lowest BCUT2D eigenvalue weighted by molar-refractivity contribution is 0.256. The molecular formula is C17H16ClNO2. The van der Waals surface area contributed by atoms with Crippen LogP contribution in [0.1, 0.15) is 11.8 Å². The van der Waals surface area contributed by atoms with E-state index in [-0.39, 0.29) is 6.04 Å². The molecule has 3 rings (SSSR count). The van der Waals surface area contributed by atoms with Gasteiger partial charge in [-0.15, -0.1) is 0 Å². The van der Waals surface area contributed by atoms with Crippen LogP contribution in [0.3, 0.4) is 0 Å². The van der Waals surface area contributed by atoms with Gasteiger partial charge in [0.2, 0.25) is 0 Å². The van der Waals surface area contributed by atoms with Gasteiger partial charge in [0.15, 0.2) is 0 Å². The molecule has 0 spiro atoms. The van der Waals surface area contributed by atoms with E-state index in [1.165, 1.54) is 0 Å². The molecule has 0 saturated heterocycles. The molecule has 21 heavy (non-hydrogen) atoms. The minimum Gasteiger partial charge on any atom is -0.491 e. The topological polar surface area (TPSA) is 34.4 Å². The van der Waals surface area contributed by atoms with Gasteiger partial charge in [-0.1, -0.05) is 35.9 Å². The van der Waals surface area contributed by atoms with E-state index in [1.807, 2.05) is 55.6 Å². The molecule has 0 aliphatic rings. The zero-order valence-corrected chi connectivity index (χ0v) is 12.4. The molecule has 0 bridgehead atoms. The largest absolute Gasteiger partial charge is 0.491 e. The molecule has 0 fully saturated rings. The highest BCUT2D eigenvalue weighted by atomic mass is 35.5. The fraction of sp³-hybridized carbons (Fsp3) is 0.176. The quantitative estimate of drug-likeness (QED) is 0.757. The van der Waals surface area contributed by atoms with E-state index in [0.29, 0.717) is 11.6 Å². The maximum absolute atomic E-state index is 5.95. The van der Waals surface area contributed by atoms with Crippen LogP contribution >= 0.6 is 11.6 Å². The number of furan rings is 1. The Bertz CT molecular complexity index is 705. The van der Waals surface area contributed by atoms with Crippen molar-refractivity contribution in [2.45, 2.75) is 6.04 Å². The number of likely N-dealkylation sites (N-methyl/N-ethyl adjacent to an activating group) is 1. The van der Waals surface area contributed by atoms with Crippen LogP contribution in [0, 0.1) is 0 Å². The number of nitrogens with one attached hydrogen (secondary N) is 1. The number of rotatable bonds is 5. The van der Waals surface area contributed by atoms with Crippen molar-refractivity contribution in [1.82, 2.24) is 5.32 Å². The Morgan fingerprint density at radius 2 is 2.00 bits per heavy atom. The van der Waals surface area contributed by atoms with Gasteiger partial charge in [-0.05, 0) is 37.4 Å². The fourth-order valence-electron chi connectivity index (χ4n) is 2.22. The first-order valence-electron chi connectivity index (χ1n) is 6.80. The number of para-hydroxylation sites is 1. The number of fused-ring (bicyclic) bond motifs is 1. The molecule has 3 aromatic rings. The minimum atomic E-state index is -0.0172. The van der Waals surface area contributed by atoms with Crippen molar-refractivity contribution < 1.29 is 9.15 Å². The SMILES string of the molecule is CNC(COc1cccc(Cl)c1)c1cc2ccccc2o1. The van der Waals surface area contributed by atoms with E-state index >= 15 is 0 Å². The zero-order valence-electron chi connectivity index (χ0n) is 11.7. The molecule has 0 amide bonds. The Morgan fingerprint density at radius 1 is 1.14 bits per heavy atom. The van der Waals surface area contributed by atoms with Gasteiger partial charge >= 0.3 is 0 Å². The first kappa shape index (κ1) is 14.0. The van der Waals surface area contributed by atoms with Gasteiger partial charge in [0.25, 0.3) is 0 Å². The van der Waals surface area contributed by atoms with E-state index in [9.17, 15) is 0 Å². The van der Waals surface area contributed by atoms with Gasteiger partial charge in [0.1, 0.15) is 23.7 Å². The lowest BCUT2D eigenvalue weighted by Gasteiger charge is -2.14. The molecule has 0 radical (unpaired) electrons. The van der Waals surface area contributed by atoms with Gasteiger partial charge in [0.05, 0.1) is 6.04 Å². The summed E-state index contributed by atoms with van der Waals surface area (Å²) in [6, 6.07) is 17.4. The van der Waals surface area contributed by atoms with Crippen LogP contribution in [-0.2, 0) is 0 Å². The highest BCUT2D eigenvalue weighted by molar-refractivity contribution is 6.30. The van der Waals surface area contributed by atoms with Crippen LogP contribution in [0.25, 0.3) is 11.0 Å². The summed E-state index contributed by atoms with van der Waals surface area (Å²) in [5, 5.41) is 4.97. The van der Waals surface area contributed by atoms with Crippen molar-refractivity contribution in [2.75, 3.05) is 13.7 Å². The molecule has 1 N–H and O–H groups in total. The fourth-order valence-corrected chi connectivity index (χ4v) is 2.40. The summed E-state index contributed by atoms with van der Waals surface area (Å²) in [7, 11) is 1.89. The summed E-state index contributed by atoms with van der Waals surface area (Å²) in [5.74, 6) is 1.61. The standard InChI is InChI=1S/C17H16ClNO2/c1-19-15(11-20-14-7-4-6-13(18)10-14)17-9-12-5-2-3-8-16(12)21-17/h2-10,15,19H,11H2,1H3. The van der Waals surface area contributed by atoms with E-state index in [4.69, 9.17) is 20.8 Å². The third-order valence-electron chi connectivity index (χ3n) is 3.35. The predicted octanol–water partition coefficient (Wildman–Crippen LogP) is 4.43. The second-order valence-electron chi connectivity index (χ2n) is 4.80. The maximum Gasteiger partial charge on any atom is 0.134 e. The van der Waals surface area contributed by atoms with E-state index in [2.05, 4.69) is 5.32 Å². The molecule has 0 saturated carbocycles. The summed E-state index contributed by atoms with van der Waals surface area (Å²) in [5.41, 5.74) is 0.885. The Balaban J connectivity index is 1.75. The van der Waals surface area contributed by atoms with Crippen LogP contribution in [0.5, 0.6) is 5.75 Å². The highest BCUT2D eigenvalue weighted by Crippen LogP contribution is 2.25. The van der Waals surface area contributed by atoms with Crippen LogP contribution < -0.4 is 10.1 Å². The molecule has 0 aliphatic carbocycles. The summed E-state index contributed by atoms with van der Waals surface area (Å²) >= 11 is 5.95. The van der Waals surface area contributed by atoms with Crippen LogP contribution in [0.15, 0.2) is 59.0 Å². The lowest BCUT2D eigenvalue weighted by Crippen LogP contribution is -2.22. The van der Waals surface area contributed by atoms with Gasteiger partial charge in [-0.2, -0.15) is 0 Å². The second-order valence-corrected chi connectivity index (χ2v) is 5.23. The first-order valence-corrected chi connectivity index (χ1v) is 7.18. The summed E-state index contributed by atoms with van der Waals surface area (Å²) < 4.78 is 11.6. The average molecular weight is 302 g/mol. The average Bonchev–Trinajstić information content (AvgIpc) is 2.91. The molecule has 4 heteroatoms. The normalized spacial score (nSPS) is 12.5. The molecule has 0 aliphatic heterocycles. The van der Waals surface area contributed by atoms with Gasteiger partial charge in [-0.25, -0.2) is 0 Å². The molecular weight excluding hydrogens is 286 g/mol. The van der Waals surface area contributed by atoms with Gasteiger partial charge in [0, 0.05) is 10.4 Å². The third kappa shape index (κ3) is 3.20. The summed E-state index contributed by atoms with van der Waals surface area (Å²) in [6.07, 6.45) is 0.